The monoisotopic (exact) mass is 153 g/mol. The van der Waals surface area contributed by atoms with E-state index in [4.69, 9.17) is 0 Å². The van der Waals surface area contributed by atoms with Crippen LogP contribution < -0.4 is 0 Å². The topological polar surface area (TPSA) is 20.3 Å². The van der Waals surface area contributed by atoms with Crippen LogP contribution in [-0.2, 0) is 4.79 Å². The fraction of sp³-hybridized carbons (Fsp3) is 0.889. The normalized spacial score (nSPS) is 42.4. The van der Waals surface area contributed by atoms with Gasteiger partial charge >= 0.3 is 0 Å². The van der Waals surface area contributed by atoms with Crippen molar-refractivity contribution in [2.75, 3.05) is 19.6 Å². The molecule has 11 heavy (non-hydrogen) atoms. The molecule has 3 fully saturated rings. The van der Waals surface area contributed by atoms with Crippen LogP contribution in [0.4, 0.5) is 0 Å². The van der Waals surface area contributed by atoms with E-state index in [1.807, 2.05) is 0 Å². The minimum atomic E-state index is 0.427. The molecule has 0 spiro atoms. The number of hydrogen-bond donors (Lipinski definition) is 0. The predicted molar refractivity (Wildman–Crippen MR) is 43.4 cm³/mol. The van der Waals surface area contributed by atoms with Crippen molar-refractivity contribution in [1.82, 2.24) is 4.90 Å². The molecule has 3 aliphatic heterocycles. The van der Waals surface area contributed by atoms with E-state index in [-0.39, 0.29) is 0 Å². The zero-order valence-corrected chi connectivity index (χ0v) is 6.88. The van der Waals surface area contributed by atoms with E-state index in [9.17, 15) is 4.79 Å². The van der Waals surface area contributed by atoms with Gasteiger partial charge in [0.25, 0.3) is 0 Å². The van der Waals surface area contributed by atoms with Gasteiger partial charge in [-0.2, -0.15) is 0 Å². The molecule has 62 valence electrons. The molecular weight excluding hydrogens is 138 g/mol. The van der Waals surface area contributed by atoms with Gasteiger partial charge in [-0.3, -0.25) is 0 Å². The van der Waals surface area contributed by atoms with Crippen LogP contribution >= 0.6 is 0 Å². The molecule has 3 aliphatic rings. The number of piperidine rings is 3. The van der Waals surface area contributed by atoms with Crippen molar-refractivity contribution in [3.63, 3.8) is 0 Å². The highest BCUT2D eigenvalue weighted by Gasteiger charge is 2.38. The largest absolute Gasteiger partial charge is 0.303 e. The van der Waals surface area contributed by atoms with Crippen molar-refractivity contribution in [3.05, 3.63) is 0 Å². The van der Waals surface area contributed by atoms with Crippen molar-refractivity contribution in [2.24, 2.45) is 5.41 Å². The zero-order valence-electron chi connectivity index (χ0n) is 6.88. The van der Waals surface area contributed by atoms with Gasteiger partial charge < -0.3 is 9.69 Å². The van der Waals surface area contributed by atoms with Gasteiger partial charge in [0.15, 0.2) is 0 Å². The standard InChI is InChI=1S/C9H15NO/c11-8-4-9-1-5-10(6-2-9)7-3-9/h8H,1-7H2. The lowest BCUT2D eigenvalue weighted by atomic mass is 9.70. The van der Waals surface area contributed by atoms with E-state index in [2.05, 4.69) is 4.90 Å². The van der Waals surface area contributed by atoms with Crippen molar-refractivity contribution in [1.29, 1.82) is 0 Å². The fourth-order valence-corrected chi connectivity index (χ4v) is 2.38. The second kappa shape index (κ2) is 2.59. The Bertz CT molecular complexity index is 145. The summed E-state index contributed by atoms with van der Waals surface area (Å²) in [5, 5.41) is 0. The molecule has 0 saturated carbocycles. The molecule has 2 nitrogen and oxygen atoms in total. The van der Waals surface area contributed by atoms with Gasteiger partial charge in [-0.05, 0) is 44.3 Å². The first kappa shape index (κ1) is 7.29. The van der Waals surface area contributed by atoms with Gasteiger partial charge in [-0.1, -0.05) is 0 Å². The molecule has 3 rings (SSSR count). The summed E-state index contributed by atoms with van der Waals surface area (Å²) in [6, 6.07) is 0. The van der Waals surface area contributed by atoms with Crippen LogP contribution in [0.3, 0.4) is 0 Å². The molecule has 0 radical (unpaired) electrons. The average molecular weight is 153 g/mol. The molecule has 0 aromatic rings. The quantitative estimate of drug-likeness (QED) is 0.553. The number of carbonyl (C=O) groups excluding carboxylic acids is 1. The molecular formula is C9H15NO. The maximum absolute atomic E-state index is 10.4. The molecule has 0 atom stereocenters. The molecule has 0 N–H and O–H groups in total. The third-order valence-corrected chi connectivity index (χ3v) is 3.39. The molecule has 0 unspecified atom stereocenters. The van der Waals surface area contributed by atoms with Crippen LogP contribution in [0.2, 0.25) is 0 Å². The average Bonchev–Trinajstić information content (AvgIpc) is 2.07. The Balaban J connectivity index is 2.05. The summed E-state index contributed by atoms with van der Waals surface area (Å²) in [5.74, 6) is 0. The van der Waals surface area contributed by atoms with Gasteiger partial charge in [-0.25, -0.2) is 0 Å². The molecule has 3 saturated heterocycles. The lowest BCUT2D eigenvalue weighted by Crippen LogP contribution is -2.48. The third-order valence-electron chi connectivity index (χ3n) is 3.39. The van der Waals surface area contributed by atoms with Gasteiger partial charge in [-0.15, -0.1) is 0 Å². The molecule has 0 amide bonds. The van der Waals surface area contributed by atoms with Crippen molar-refractivity contribution in [3.8, 4) is 0 Å². The van der Waals surface area contributed by atoms with Gasteiger partial charge in [0, 0.05) is 6.42 Å². The smallest absolute Gasteiger partial charge is 0.120 e. The Hall–Kier alpha value is -0.370. The van der Waals surface area contributed by atoms with E-state index >= 15 is 0 Å². The van der Waals surface area contributed by atoms with E-state index in [1.54, 1.807) is 0 Å². The van der Waals surface area contributed by atoms with Crippen LogP contribution in [0, 0.1) is 5.41 Å². The van der Waals surface area contributed by atoms with E-state index < -0.39 is 0 Å². The Kier molecular flexibility index (Phi) is 1.72. The van der Waals surface area contributed by atoms with Crippen LogP contribution in [-0.4, -0.2) is 30.8 Å². The number of hydrogen-bond acceptors (Lipinski definition) is 2. The lowest BCUT2D eigenvalue weighted by Gasteiger charge is -2.47. The summed E-state index contributed by atoms with van der Waals surface area (Å²) in [6.07, 6.45) is 5.69. The minimum Gasteiger partial charge on any atom is -0.303 e. The maximum Gasteiger partial charge on any atom is 0.120 e. The summed E-state index contributed by atoms with van der Waals surface area (Å²) in [7, 11) is 0. The number of aldehydes is 1. The summed E-state index contributed by atoms with van der Waals surface area (Å²) >= 11 is 0. The van der Waals surface area contributed by atoms with Crippen LogP contribution in [0.25, 0.3) is 0 Å². The Morgan fingerprint density at radius 1 is 1.18 bits per heavy atom. The molecule has 0 aromatic carbocycles. The number of fused-ring (bicyclic) bond motifs is 3. The molecule has 3 heterocycles. The van der Waals surface area contributed by atoms with Gasteiger partial charge in [0.2, 0.25) is 0 Å². The summed E-state index contributed by atoms with van der Waals surface area (Å²) in [5.41, 5.74) is 0.427. The Morgan fingerprint density at radius 2 is 1.73 bits per heavy atom. The number of rotatable bonds is 2. The van der Waals surface area contributed by atoms with Crippen LogP contribution in [0.5, 0.6) is 0 Å². The maximum atomic E-state index is 10.4. The van der Waals surface area contributed by atoms with E-state index in [0.717, 1.165) is 12.7 Å². The summed E-state index contributed by atoms with van der Waals surface area (Å²) in [6.45, 7) is 3.69. The van der Waals surface area contributed by atoms with Crippen LogP contribution in [0.15, 0.2) is 0 Å². The second-order valence-corrected chi connectivity index (χ2v) is 3.96. The van der Waals surface area contributed by atoms with Crippen molar-refractivity contribution < 1.29 is 4.79 Å². The number of carbonyl (C=O) groups is 1. The summed E-state index contributed by atoms with van der Waals surface area (Å²) < 4.78 is 0. The highest BCUT2D eigenvalue weighted by atomic mass is 16.1. The lowest BCUT2D eigenvalue weighted by molar-refractivity contribution is -0.112. The van der Waals surface area contributed by atoms with Crippen LogP contribution in [0.1, 0.15) is 25.7 Å². The molecule has 2 bridgehead atoms. The second-order valence-electron chi connectivity index (χ2n) is 3.96. The number of nitrogens with zero attached hydrogens (tertiary/aromatic N) is 1. The highest BCUT2D eigenvalue weighted by molar-refractivity contribution is 5.51. The molecule has 2 heteroatoms. The van der Waals surface area contributed by atoms with Gasteiger partial charge in [0.1, 0.15) is 6.29 Å². The first-order chi connectivity index (χ1) is 5.35. The van der Waals surface area contributed by atoms with E-state index in [0.29, 0.717) is 5.41 Å². The summed E-state index contributed by atoms with van der Waals surface area (Å²) in [4.78, 5) is 12.9. The molecule has 0 aliphatic carbocycles. The van der Waals surface area contributed by atoms with Crippen molar-refractivity contribution >= 4 is 6.29 Å². The first-order valence-electron chi connectivity index (χ1n) is 4.51. The SMILES string of the molecule is O=CCC12CCN(CC1)CC2. The molecule has 0 aromatic heterocycles. The van der Waals surface area contributed by atoms with E-state index in [1.165, 1.54) is 38.9 Å². The first-order valence-corrected chi connectivity index (χ1v) is 4.51. The Morgan fingerprint density at radius 3 is 2.18 bits per heavy atom. The van der Waals surface area contributed by atoms with Crippen molar-refractivity contribution in [2.45, 2.75) is 25.7 Å². The minimum absolute atomic E-state index is 0.427. The highest BCUT2D eigenvalue weighted by Crippen LogP contribution is 2.41. The van der Waals surface area contributed by atoms with Gasteiger partial charge in [0.05, 0.1) is 0 Å². The fourth-order valence-electron chi connectivity index (χ4n) is 2.38. The Labute approximate surface area is 67.6 Å². The predicted octanol–water partition coefficient (Wildman–Crippen LogP) is 1.06. The third kappa shape index (κ3) is 1.20. The zero-order chi connectivity index (χ0) is 7.73.